The van der Waals surface area contributed by atoms with Gasteiger partial charge in [-0.05, 0) is 25.8 Å². The molecule has 0 aliphatic carbocycles. The van der Waals surface area contributed by atoms with E-state index in [0.717, 1.165) is 39.0 Å². The van der Waals surface area contributed by atoms with Gasteiger partial charge in [-0.1, -0.05) is 0 Å². The van der Waals surface area contributed by atoms with Crippen LogP contribution >= 0.6 is 0 Å². The number of amides is 1. The zero-order valence-electron chi connectivity index (χ0n) is 7.71. The molecule has 2 atom stereocenters. The first-order chi connectivity index (χ1) is 6.36. The lowest BCUT2D eigenvalue weighted by Gasteiger charge is -2.14. The van der Waals surface area contributed by atoms with Crippen molar-refractivity contribution in [1.82, 2.24) is 10.6 Å². The van der Waals surface area contributed by atoms with Crippen LogP contribution in [0.4, 0.5) is 0 Å². The van der Waals surface area contributed by atoms with E-state index < -0.39 is 0 Å². The van der Waals surface area contributed by atoms with Crippen molar-refractivity contribution in [2.24, 2.45) is 0 Å². The van der Waals surface area contributed by atoms with E-state index in [4.69, 9.17) is 4.74 Å². The van der Waals surface area contributed by atoms with E-state index >= 15 is 0 Å². The van der Waals surface area contributed by atoms with Gasteiger partial charge in [0.25, 0.3) is 0 Å². The summed E-state index contributed by atoms with van der Waals surface area (Å²) in [5.74, 6) is 0.0752. The Morgan fingerprint density at radius 2 is 2.38 bits per heavy atom. The number of hydrogen-bond acceptors (Lipinski definition) is 3. The Balaban J connectivity index is 1.76. The van der Waals surface area contributed by atoms with Gasteiger partial charge in [0.15, 0.2) is 0 Å². The van der Waals surface area contributed by atoms with Crippen LogP contribution in [-0.4, -0.2) is 37.7 Å². The van der Waals surface area contributed by atoms with Crippen LogP contribution in [0.15, 0.2) is 0 Å². The topological polar surface area (TPSA) is 50.4 Å². The lowest BCUT2D eigenvalue weighted by atomic mass is 10.2. The SMILES string of the molecule is O=C(N[C@H]1CCNC1)[C@@H]1CCCO1. The molecule has 4 nitrogen and oxygen atoms in total. The quantitative estimate of drug-likeness (QED) is 0.616. The minimum absolute atomic E-state index is 0.0752. The van der Waals surface area contributed by atoms with Crippen molar-refractivity contribution in [3.05, 3.63) is 0 Å². The maximum Gasteiger partial charge on any atom is 0.249 e. The standard InChI is InChI=1S/C9H16N2O2/c12-9(8-2-1-5-13-8)11-7-3-4-10-6-7/h7-8,10H,1-6H2,(H,11,12)/t7-,8-/m0/s1. The van der Waals surface area contributed by atoms with Crippen molar-refractivity contribution in [3.8, 4) is 0 Å². The lowest BCUT2D eigenvalue weighted by molar-refractivity contribution is -0.130. The molecule has 0 saturated carbocycles. The molecule has 2 rings (SSSR count). The van der Waals surface area contributed by atoms with Gasteiger partial charge in [-0.2, -0.15) is 0 Å². The molecular weight excluding hydrogens is 168 g/mol. The Bertz CT molecular complexity index is 184. The molecule has 2 aliphatic heterocycles. The summed E-state index contributed by atoms with van der Waals surface area (Å²) in [6.45, 7) is 2.65. The Labute approximate surface area is 78.0 Å². The van der Waals surface area contributed by atoms with E-state index in [9.17, 15) is 4.79 Å². The van der Waals surface area contributed by atoms with Crippen molar-refractivity contribution < 1.29 is 9.53 Å². The van der Waals surface area contributed by atoms with Crippen LogP contribution in [-0.2, 0) is 9.53 Å². The lowest BCUT2D eigenvalue weighted by Crippen LogP contribution is -2.42. The van der Waals surface area contributed by atoms with Gasteiger partial charge in [0.05, 0.1) is 0 Å². The van der Waals surface area contributed by atoms with Crippen molar-refractivity contribution in [2.45, 2.75) is 31.4 Å². The van der Waals surface area contributed by atoms with Gasteiger partial charge in [-0.3, -0.25) is 4.79 Å². The fourth-order valence-electron chi connectivity index (χ4n) is 1.86. The number of rotatable bonds is 2. The molecule has 0 radical (unpaired) electrons. The molecule has 0 unspecified atom stereocenters. The van der Waals surface area contributed by atoms with Crippen LogP contribution in [0, 0.1) is 0 Å². The number of ether oxygens (including phenoxy) is 1. The van der Waals surface area contributed by atoms with Crippen molar-refractivity contribution in [3.63, 3.8) is 0 Å². The van der Waals surface area contributed by atoms with Crippen LogP contribution in [0.5, 0.6) is 0 Å². The summed E-state index contributed by atoms with van der Waals surface area (Å²) in [6, 6.07) is 0.316. The molecule has 2 fully saturated rings. The van der Waals surface area contributed by atoms with E-state index in [1.54, 1.807) is 0 Å². The molecule has 0 aromatic carbocycles. The second-order valence-corrected chi connectivity index (χ2v) is 3.70. The third kappa shape index (κ3) is 2.19. The molecule has 74 valence electrons. The van der Waals surface area contributed by atoms with Crippen molar-refractivity contribution in [1.29, 1.82) is 0 Å². The van der Waals surface area contributed by atoms with E-state index in [2.05, 4.69) is 10.6 Å². The van der Waals surface area contributed by atoms with Gasteiger partial charge in [-0.15, -0.1) is 0 Å². The molecule has 1 amide bonds. The first-order valence-corrected chi connectivity index (χ1v) is 4.99. The molecule has 2 N–H and O–H groups in total. The molecule has 13 heavy (non-hydrogen) atoms. The summed E-state index contributed by atoms with van der Waals surface area (Å²) in [7, 11) is 0. The molecule has 2 aliphatic rings. The summed E-state index contributed by atoms with van der Waals surface area (Å²) in [5.41, 5.74) is 0. The highest BCUT2D eigenvalue weighted by Gasteiger charge is 2.26. The van der Waals surface area contributed by atoms with Crippen molar-refractivity contribution in [2.75, 3.05) is 19.7 Å². The fourth-order valence-corrected chi connectivity index (χ4v) is 1.86. The molecule has 0 spiro atoms. The monoisotopic (exact) mass is 184 g/mol. The van der Waals surface area contributed by atoms with Crippen LogP contribution in [0.3, 0.4) is 0 Å². The van der Waals surface area contributed by atoms with Crippen molar-refractivity contribution >= 4 is 5.91 Å². The minimum Gasteiger partial charge on any atom is -0.368 e. The summed E-state index contributed by atoms with van der Waals surface area (Å²) in [4.78, 5) is 11.5. The zero-order chi connectivity index (χ0) is 9.10. The van der Waals surface area contributed by atoms with Crippen LogP contribution in [0.1, 0.15) is 19.3 Å². The fraction of sp³-hybridized carbons (Fsp3) is 0.889. The van der Waals surface area contributed by atoms with Gasteiger partial charge in [-0.25, -0.2) is 0 Å². The average Bonchev–Trinajstić information content (AvgIpc) is 2.74. The Kier molecular flexibility index (Phi) is 2.80. The number of nitrogens with one attached hydrogen (secondary N) is 2. The second-order valence-electron chi connectivity index (χ2n) is 3.70. The molecular formula is C9H16N2O2. The first kappa shape index (κ1) is 8.97. The van der Waals surface area contributed by atoms with Crippen LogP contribution in [0.25, 0.3) is 0 Å². The summed E-state index contributed by atoms with van der Waals surface area (Å²) in [6.07, 6.45) is 2.76. The first-order valence-electron chi connectivity index (χ1n) is 4.99. The Morgan fingerprint density at radius 3 is 3.00 bits per heavy atom. The minimum atomic E-state index is -0.180. The third-order valence-corrected chi connectivity index (χ3v) is 2.63. The van der Waals surface area contributed by atoms with Gasteiger partial charge < -0.3 is 15.4 Å². The number of carbonyl (C=O) groups excluding carboxylic acids is 1. The Morgan fingerprint density at radius 1 is 1.46 bits per heavy atom. The van der Waals surface area contributed by atoms with Gasteiger partial charge in [0.1, 0.15) is 6.10 Å². The normalized spacial score (nSPS) is 33.5. The second kappa shape index (κ2) is 4.07. The highest BCUT2D eigenvalue weighted by Crippen LogP contribution is 2.12. The van der Waals surface area contributed by atoms with Gasteiger partial charge in [0.2, 0.25) is 5.91 Å². The molecule has 2 saturated heterocycles. The molecule has 0 bridgehead atoms. The van der Waals surface area contributed by atoms with Crippen LogP contribution < -0.4 is 10.6 Å². The highest BCUT2D eigenvalue weighted by molar-refractivity contribution is 5.81. The largest absolute Gasteiger partial charge is 0.368 e. The summed E-state index contributed by atoms with van der Waals surface area (Å²) >= 11 is 0. The van der Waals surface area contributed by atoms with Gasteiger partial charge >= 0.3 is 0 Å². The number of carbonyl (C=O) groups is 1. The molecule has 0 aromatic rings. The smallest absolute Gasteiger partial charge is 0.249 e. The van der Waals surface area contributed by atoms with E-state index in [1.165, 1.54) is 0 Å². The maximum atomic E-state index is 11.5. The van der Waals surface area contributed by atoms with E-state index in [1.807, 2.05) is 0 Å². The average molecular weight is 184 g/mol. The summed E-state index contributed by atoms with van der Waals surface area (Å²) in [5, 5.41) is 6.21. The Hall–Kier alpha value is -0.610. The predicted molar refractivity (Wildman–Crippen MR) is 48.4 cm³/mol. The zero-order valence-corrected chi connectivity index (χ0v) is 7.71. The van der Waals surface area contributed by atoms with Gasteiger partial charge in [0, 0.05) is 19.2 Å². The van der Waals surface area contributed by atoms with E-state index in [-0.39, 0.29) is 12.0 Å². The highest BCUT2D eigenvalue weighted by atomic mass is 16.5. The molecule has 0 aromatic heterocycles. The number of hydrogen-bond donors (Lipinski definition) is 2. The van der Waals surface area contributed by atoms with Crippen LogP contribution in [0.2, 0.25) is 0 Å². The van der Waals surface area contributed by atoms with E-state index in [0.29, 0.717) is 6.04 Å². The third-order valence-electron chi connectivity index (χ3n) is 2.63. The molecule has 4 heteroatoms. The maximum absolute atomic E-state index is 11.5. The predicted octanol–water partition coefficient (Wildman–Crippen LogP) is -0.357. The summed E-state index contributed by atoms with van der Waals surface area (Å²) < 4.78 is 5.29. The molecule has 2 heterocycles.